The van der Waals surface area contributed by atoms with Gasteiger partial charge in [0.05, 0.1) is 31.3 Å². The lowest BCUT2D eigenvalue weighted by molar-refractivity contribution is -0.126. The SMILES string of the molecule is CCNC1COCC1C(=O)NC1CCOC1C1CC1. The van der Waals surface area contributed by atoms with Crippen molar-refractivity contribution >= 4 is 5.91 Å². The summed E-state index contributed by atoms with van der Waals surface area (Å²) in [6, 6.07) is 0.370. The summed E-state index contributed by atoms with van der Waals surface area (Å²) in [4.78, 5) is 12.4. The highest BCUT2D eigenvalue weighted by atomic mass is 16.5. The zero-order valence-corrected chi connectivity index (χ0v) is 11.6. The third kappa shape index (κ3) is 2.93. The van der Waals surface area contributed by atoms with Crippen LogP contribution in [0.15, 0.2) is 0 Å². The Morgan fingerprint density at radius 2 is 2.05 bits per heavy atom. The summed E-state index contributed by atoms with van der Waals surface area (Å²) in [6.45, 7) is 4.88. The zero-order valence-electron chi connectivity index (χ0n) is 11.6. The molecule has 2 heterocycles. The first-order chi connectivity index (χ1) is 9.29. The molecule has 1 saturated carbocycles. The van der Waals surface area contributed by atoms with E-state index in [0.29, 0.717) is 19.1 Å². The number of nitrogens with one attached hydrogen (secondary N) is 2. The van der Waals surface area contributed by atoms with Gasteiger partial charge >= 0.3 is 0 Å². The van der Waals surface area contributed by atoms with Crippen LogP contribution in [-0.4, -0.2) is 50.5 Å². The summed E-state index contributed by atoms with van der Waals surface area (Å²) in [6.07, 6.45) is 3.71. The average Bonchev–Trinajstić information content (AvgIpc) is 2.96. The Morgan fingerprint density at radius 3 is 2.79 bits per heavy atom. The van der Waals surface area contributed by atoms with E-state index >= 15 is 0 Å². The fraction of sp³-hybridized carbons (Fsp3) is 0.929. The van der Waals surface area contributed by atoms with Gasteiger partial charge in [-0.25, -0.2) is 0 Å². The molecule has 2 aliphatic heterocycles. The van der Waals surface area contributed by atoms with Crippen molar-refractivity contribution in [3.63, 3.8) is 0 Å². The van der Waals surface area contributed by atoms with E-state index < -0.39 is 0 Å². The van der Waals surface area contributed by atoms with Gasteiger partial charge in [0.15, 0.2) is 0 Å². The Balaban J connectivity index is 1.55. The highest BCUT2D eigenvalue weighted by Gasteiger charge is 2.42. The molecule has 2 N–H and O–H groups in total. The van der Waals surface area contributed by atoms with Gasteiger partial charge in [0.25, 0.3) is 0 Å². The van der Waals surface area contributed by atoms with E-state index in [0.717, 1.165) is 19.6 Å². The quantitative estimate of drug-likeness (QED) is 0.752. The summed E-state index contributed by atoms with van der Waals surface area (Å²) in [5.41, 5.74) is 0. The normalized spacial score (nSPS) is 38.6. The second kappa shape index (κ2) is 5.77. The predicted molar refractivity (Wildman–Crippen MR) is 70.8 cm³/mol. The van der Waals surface area contributed by atoms with Gasteiger partial charge in [0.1, 0.15) is 0 Å². The minimum absolute atomic E-state index is 0.0552. The molecule has 3 aliphatic rings. The number of carbonyl (C=O) groups is 1. The molecule has 0 spiro atoms. The number of ether oxygens (including phenoxy) is 2. The Labute approximate surface area is 114 Å². The van der Waals surface area contributed by atoms with Crippen molar-refractivity contribution in [2.45, 2.75) is 44.4 Å². The first kappa shape index (κ1) is 13.3. The molecule has 0 bridgehead atoms. The smallest absolute Gasteiger partial charge is 0.227 e. The fourth-order valence-corrected chi connectivity index (χ4v) is 3.22. The summed E-state index contributed by atoms with van der Waals surface area (Å²) in [5, 5.41) is 6.53. The van der Waals surface area contributed by atoms with Crippen LogP contribution >= 0.6 is 0 Å². The van der Waals surface area contributed by atoms with Crippen molar-refractivity contribution in [1.82, 2.24) is 10.6 Å². The third-order valence-corrected chi connectivity index (χ3v) is 4.43. The van der Waals surface area contributed by atoms with Crippen LogP contribution in [0.1, 0.15) is 26.2 Å². The molecular weight excluding hydrogens is 244 g/mol. The van der Waals surface area contributed by atoms with E-state index in [9.17, 15) is 4.79 Å². The number of hydrogen-bond acceptors (Lipinski definition) is 4. The molecule has 1 amide bonds. The van der Waals surface area contributed by atoms with E-state index in [1.807, 2.05) is 0 Å². The maximum atomic E-state index is 12.4. The van der Waals surface area contributed by atoms with E-state index in [2.05, 4.69) is 17.6 Å². The van der Waals surface area contributed by atoms with Crippen LogP contribution in [0.2, 0.25) is 0 Å². The van der Waals surface area contributed by atoms with Crippen LogP contribution in [-0.2, 0) is 14.3 Å². The molecule has 0 aromatic rings. The summed E-state index contributed by atoms with van der Waals surface area (Å²) in [5.74, 6) is 0.752. The largest absolute Gasteiger partial charge is 0.379 e. The number of hydrogen-bond donors (Lipinski definition) is 2. The molecule has 1 aliphatic carbocycles. The first-order valence-corrected chi connectivity index (χ1v) is 7.52. The predicted octanol–water partition coefficient (Wildman–Crippen LogP) is 0.295. The van der Waals surface area contributed by atoms with Gasteiger partial charge in [-0.15, -0.1) is 0 Å². The fourth-order valence-electron chi connectivity index (χ4n) is 3.22. The maximum absolute atomic E-state index is 12.4. The number of rotatable bonds is 5. The molecule has 0 aromatic carbocycles. The minimum atomic E-state index is -0.0552. The van der Waals surface area contributed by atoms with Gasteiger partial charge in [-0.3, -0.25) is 4.79 Å². The molecular formula is C14H24N2O3. The molecule has 4 atom stereocenters. The number of carbonyl (C=O) groups excluding carboxylic acids is 1. The van der Waals surface area contributed by atoms with Gasteiger partial charge in [0, 0.05) is 12.6 Å². The standard InChI is InChI=1S/C14H24N2O3/c1-2-15-12-8-18-7-10(12)14(17)16-11-5-6-19-13(11)9-3-4-9/h9-13,15H,2-8H2,1H3,(H,16,17). The third-order valence-electron chi connectivity index (χ3n) is 4.43. The van der Waals surface area contributed by atoms with E-state index in [1.54, 1.807) is 0 Å². The number of amides is 1. The Morgan fingerprint density at radius 1 is 1.21 bits per heavy atom. The summed E-state index contributed by atoms with van der Waals surface area (Å²) in [7, 11) is 0. The molecule has 4 unspecified atom stereocenters. The van der Waals surface area contributed by atoms with Gasteiger partial charge in [-0.2, -0.15) is 0 Å². The minimum Gasteiger partial charge on any atom is -0.379 e. The highest BCUT2D eigenvalue weighted by Crippen LogP contribution is 2.38. The monoisotopic (exact) mass is 268 g/mol. The van der Waals surface area contributed by atoms with Gasteiger partial charge in [-0.1, -0.05) is 6.92 Å². The molecule has 5 heteroatoms. The molecule has 3 fully saturated rings. The van der Waals surface area contributed by atoms with E-state index in [-0.39, 0.29) is 30.0 Å². The molecule has 3 rings (SSSR count). The van der Waals surface area contributed by atoms with Crippen LogP contribution in [0.4, 0.5) is 0 Å². The van der Waals surface area contributed by atoms with Crippen LogP contribution in [0.5, 0.6) is 0 Å². The average molecular weight is 268 g/mol. The highest BCUT2D eigenvalue weighted by molar-refractivity contribution is 5.80. The summed E-state index contributed by atoms with van der Waals surface area (Å²) >= 11 is 0. The van der Waals surface area contributed by atoms with Crippen molar-refractivity contribution in [3.8, 4) is 0 Å². The van der Waals surface area contributed by atoms with Crippen molar-refractivity contribution in [2.75, 3.05) is 26.4 Å². The maximum Gasteiger partial charge on any atom is 0.227 e. The summed E-state index contributed by atoms with van der Waals surface area (Å²) < 4.78 is 11.2. The van der Waals surface area contributed by atoms with Crippen LogP contribution in [0.3, 0.4) is 0 Å². The second-order valence-corrected chi connectivity index (χ2v) is 5.88. The van der Waals surface area contributed by atoms with Gasteiger partial charge in [-0.05, 0) is 31.7 Å². The van der Waals surface area contributed by atoms with Crippen molar-refractivity contribution < 1.29 is 14.3 Å². The van der Waals surface area contributed by atoms with E-state index in [4.69, 9.17) is 9.47 Å². The topological polar surface area (TPSA) is 59.6 Å². The Hall–Kier alpha value is -0.650. The van der Waals surface area contributed by atoms with E-state index in [1.165, 1.54) is 12.8 Å². The molecule has 2 saturated heterocycles. The Kier molecular flexibility index (Phi) is 4.05. The van der Waals surface area contributed by atoms with Crippen molar-refractivity contribution in [2.24, 2.45) is 11.8 Å². The molecule has 5 nitrogen and oxygen atoms in total. The molecule has 0 aromatic heterocycles. The Bertz CT molecular complexity index is 333. The van der Waals surface area contributed by atoms with Crippen molar-refractivity contribution in [1.29, 1.82) is 0 Å². The molecule has 108 valence electrons. The lowest BCUT2D eigenvalue weighted by Gasteiger charge is -2.23. The number of likely N-dealkylation sites (N-methyl/N-ethyl adjacent to an activating group) is 1. The first-order valence-electron chi connectivity index (χ1n) is 7.52. The second-order valence-electron chi connectivity index (χ2n) is 5.88. The van der Waals surface area contributed by atoms with Crippen LogP contribution in [0, 0.1) is 11.8 Å². The zero-order chi connectivity index (χ0) is 13.2. The molecule has 19 heavy (non-hydrogen) atoms. The lowest BCUT2D eigenvalue weighted by atomic mass is 10.0. The van der Waals surface area contributed by atoms with Crippen LogP contribution < -0.4 is 10.6 Å². The van der Waals surface area contributed by atoms with Crippen LogP contribution in [0.25, 0.3) is 0 Å². The van der Waals surface area contributed by atoms with Crippen molar-refractivity contribution in [3.05, 3.63) is 0 Å². The molecule has 0 radical (unpaired) electrons. The van der Waals surface area contributed by atoms with Gasteiger partial charge in [0.2, 0.25) is 5.91 Å². The lowest BCUT2D eigenvalue weighted by Crippen LogP contribution is -2.49. The van der Waals surface area contributed by atoms with Gasteiger partial charge < -0.3 is 20.1 Å².